The molecule has 112 valence electrons. The number of nitrogens with zero attached hydrogens (tertiary/aromatic N) is 2. The summed E-state index contributed by atoms with van der Waals surface area (Å²) in [6, 6.07) is 8.37. The highest BCUT2D eigenvalue weighted by molar-refractivity contribution is 5.45. The second-order valence-corrected chi connectivity index (χ2v) is 5.23. The van der Waals surface area contributed by atoms with Gasteiger partial charge in [-0.15, -0.1) is 0 Å². The topological polar surface area (TPSA) is 48.3 Å². The fourth-order valence-electron chi connectivity index (χ4n) is 2.67. The SMILES string of the molecule is CCn1nc(C)cc1COc1ccc2c(c1)OCC2NC. The Labute approximate surface area is 124 Å². The minimum atomic E-state index is 0.276. The molecule has 0 spiro atoms. The Hall–Kier alpha value is -2.01. The molecule has 5 heteroatoms. The van der Waals surface area contributed by atoms with E-state index in [1.54, 1.807) is 0 Å². The van der Waals surface area contributed by atoms with Gasteiger partial charge in [-0.3, -0.25) is 4.68 Å². The van der Waals surface area contributed by atoms with E-state index in [0.29, 0.717) is 13.2 Å². The van der Waals surface area contributed by atoms with Crippen LogP contribution in [0, 0.1) is 6.92 Å². The van der Waals surface area contributed by atoms with Gasteiger partial charge >= 0.3 is 0 Å². The molecule has 0 bridgehead atoms. The van der Waals surface area contributed by atoms with Gasteiger partial charge in [-0.1, -0.05) is 0 Å². The minimum Gasteiger partial charge on any atom is -0.491 e. The maximum Gasteiger partial charge on any atom is 0.130 e. The highest BCUT2D eigenvalue weighted by Crippen LogP contribution is 2.35. The van der Waals surface area contributed by atoms with Gasteiger partial charge in [0, 0.05) is 18.2 Å². The van der Waals surface area contributed by atoms with Crippen LogP contribution < -0.4 is 14.8 Å². The number of ether oxygens (including phenoxy) is 2. The van der Waals surface area contributed by atoms with Crippen LogP contribution >= 0.6 is 0 Å². The lowest BCUT2D eigenvalue weighted by atomic mass is 10.1. The van der Waals surface area contributed by atoms with Crippen molar-refractivity contribution in [1.29, 1.82) is 0 Å². The van der Waals surface area contributed by atoms with E-state index in [2.05, 4.69) is 29.5 Å². The van der Waals surface area contributed by atoms with Crippen LogP contribution in [0.1, 0.15) is 29.9 Å². The normalized spacial score (nSPS) is 16.6. The van der Waals surface area contributed by atoms with E-state index in [4.69, 9.17) is 9.47 Å². The fraction of sp³-hybridized carbons (Fsp3) is 0.438. The predicted molar refractivity (Wildman–Crippen MR) is 80.7 cm³/mol. The summed E-state index contributed by atoms with van der Waals surface area (Å²) in [6.07, 6.45) is 0. The number of rotatable bonds is 5. The van der Waals surface area contributed by atoms with E-state index in [-0.39, 0.29) is 6.04 Å². The quantitative estimate of drug-likeness (QED) is 0.917. The number of aromatic nitrogens is 2. The van der Waals surface area contributed by atoms with E-state index >= 15 is 0 Å². The molecule has 1 aromatic heterocycles. The Morgan fingerprint density at radius 1 is 1.43 bits per heavy atom. The van der Waals surface area contributed by atoms with Crippen LogP contribution in [0.4, 0.5) is 0 Å². The van der Waals surface area contributed by atoms with Crippen LogP contribution in [0.15, 0.2) is 24.3 Å². The van der Waals surface area contributed by atoms with E-state index in [9.17, 15) is 0 Å². The lowest BCUT2D eigenvalue weighted by Gasteiger charge is -2.10. The zero-order valence-corrected chi connectivity index (χ0v) is 12.7. The van der Waals surface area contributed by atoms with Crippen molar-refractivity contribution in [3.8, 4) is 11.5 Å². The maximum atomic E-state index is 5.88. The molecule has 0 aliphatic carbocycles. The van der Waals surface area contributed by atoms with Gasteiger partial charge in [-0.2, -0.15) is 5.10 Å². The molecule has 5 nitrogen and oxygen atoms in total. The second-order valence-electron chi connectivity index (χ2n) is 5.23. The summed E-state index contributed by atoms with van der Waals surface area (Å²) in [5.41, 5.74) is 3.30. The summed E-state index contributed by atoms with van der Waals surface area (Å²) in [4.78, 5) is 0. The van der Waals surface area contributed by atoms with Crippen LogP contribution in [0.2, 0.25) is 0 Å². The highest BCUT2D eigenvalue weighted by atomic mass is 16.5. The molecule has 1 aliphatic heterocycles. The first-order chi connectivity index (χ1) is 10.2. The molecule has 0 amide bonds. The largest absolute Gasteiger partial charge is 0.491 e. The number of aryl methyl sites for hydroxylation is 2. The Balaban J connectivity index is 1.71. The molecule has 1 N–H and O–H groups in total. The van der Waals surface area contributed by atoms with Crippen molar-refractivity contribution in [1.82, 2.24) is 15.1 Å². The summed E-state index contributed by atoms with van der Waals surface area (Å²) in [5, 5.41) is 7.66. The second kappa shape index (κ2) is 5.77. The van der Waals surface area contributed by atoms with Gasteiger partial charge in [0.15, 0.2) is 0 Å². The Morgan fingerprint density at radius 3 is 3.05 bits per heavy atom. The number of benzene rings is 1. The van der Waals surface area contributed by atoms with E-state index < -0.39 is 0 Å². The minimum absolute atomic E-state index is 0.276. The van der Waals surface area contributed by atoms with Crippen molar-refractivity contribution in [3.63, 3.8) is 0 Å². The number of hydrogen-bond acceptors (Lipinski definition) is 4. The van der Waals surface area contributed by atoms with E-state index in [1.165, 1.54) is 5.56 Å². The van der Waals surface area contributed by atoms with Gasteiger partial charge < -0.3 is 14.8 Å². The summed E-state index contributed by atoms with van der Waals surface area (Å²) in [6.45, 7) is 6.12. The monoisotopic (exact) mass is 287 g/mol. The third-order valence-electron chi connectivity index (χ3n) is 3.79. The molecular formula is C16H21N3O2. The lowest BCUT2D eigenvalue weighted by Crippen LogP contribution is -2.17. The summed E-state index contributed by atoms with van der Waals surface area (Å²) in [5.74, 6) is 1.74. The van der Waals surface area contributed by atoms with Gasteiger partial charge in [0.25, 0.3) is 0 Å². The summed E-state index contributed by atoms with van der Waals surface area (Å²) >= 11 is 0. The molecule has 0 saturated heterocycles. The Bertz CT molecular complexity index is 636. The molecule has 0 radical (unpaired) electrons. The van der Waals surface area contributed by atoms with Crippen LogP contribution in [0.3, 0.4) is 0 Å². The fourth-order valence-corrected chi connectivity index (χ4v) is 2.67. The van der Waals surface area contributed by atoms with Gasteiger partial charge in [0.1, 0.15) is 24.7 Å². The van der Waals surface area contributed by atoms with Gasteiger partial charge in [0.2, 0.25) is 0 Å². The number of likely N-dealkylation sites (N-methyl/N-ethyl adjacent to an activating group) is 1. The van der Waals surface area contributed by atoms with Crippen molar-refractivity contribution in [2.75, 3.05) is 13.7 Å². The maximum absolute atomic E-state index is 5.88. The molecule has 1 aliphatic rings. The molecule has 1 aromatic carbocycles. The van der Waals surface area contributed by atoms with Gasteiger partial charge in [-0.25, -0.2) is 0 Å². The van der Waals surface area contributed by atoms with Crippen molar-refractivity contribution in [3.05, 3.63) is 41.2 Å². The molecule has 2 aromatic rings. The van der Waals surface area contributed by atoms with Crippen LogP contribution in [0.5, 0.6) is 11.5 Å². The van der Waals surface area contributed by atoms with Crippen molar-refractivity contribution < 1.29 is 9.47 Å². The zero-order chi connectivity index (χ0) is 14.8. The van der Waals surface area contributed by atoms with Crippen molar-refractivity contribution in [2.24, 2.45) is 0 Å². The Morgan fingerprint density at radius 2 is 2.29 bits per heavy atom. The van der Waals surface area contributed by atoms with Gasteiger partial charge in [-0.05, 0) is 39.1 Å². The molecular weight excluding hydrogens is 266 g/mol. The third kappa shape index (κ3) is 2.74. The molecule has 1 unspecified atom stereocenters. The highest BCUT2D eigenvalue weighted by Gasteiger charge is 2.22. The first-order valence-electron chi connectivity index (χ1n) is 7.31. The molecule has 21 heavy (non-hydrogen) atoms. The molecule has 1 atom stereocenters. The summed E-state index contributed by atoms with van der Waals surface area (Å²) < 4.78 is 13.5. The average molecular weight is 287 g/mol. The average Bonchev–Trinajstić information content (AvgIpc) is 3.07. The van der Waals surface area contributed by atoms with E-state index in [1.807, 2.05) is 30.8 Å². The number of hydrogen-bond donors (Lipinski definition) is 1. The van der Waals surface area contributed by atoms with Crippen molar-refractivity contribution in [2.45, 2.75) is 33.0 Å². The number of nitrogens with one attached hydrogen (secondary N) is 1. The molecule has 2 heterocycles. The molecule has 3 rings (SSSR count). The molecule has 0 saturated carbocycles. The Kier molecular flexibility index (Phi) is 3.84. The number of fused-ring (bicyclic) bond motifs is 1. The standard InChI is InChI=1S/C16H21N3O2/c1-4-19-12(7-11(2)18-19)9-20-13-5-6-14-15(17-3)10-21-16(14)8-13/h5-8,15,17H,4,9-10H2,1-3H3. The first kappa shape index (κ1) is 13.9. The van der Waals surface area contributed by atoms with Crippen LogP contribution in [0.25, 0.3) is 0 Å². The zero-order valence-electron chi connectivity index (χ0n) is 12.7. The lowest BCUT2D eigenvalue weighted by molar-refractivity contribution is 0.288. The van der Waals surface area contributed by atoms with Crippen LogP contribution in [-0.2, 0) is 13.2 Å². The summed E-state index contributed by atoms with van der Waals surface area (Å²) in [7, 11) is 1.95. The van der Waals surface area contributed by atoms with Gasteiger partial charge in [0.05, 0.1) is 17.4 Å². The smallest absolute Gasteiger partial charge is 0.130 e. The van der Waals surface area contributed by atoms with Crippen molar-refractivity contribution >= 4 is 0 Å². The van der Waals surface area contributed by atoms with E-state index in [0.717, 1.165) is 29.4 Å². The third-order valence-corrected chi connectivity index (χ3v) is 3.79. The molecule has 0 fully saturated rings. The predicted octanol–water partition coefficient (Wildman–Crippen LogP) is 2.44. The van der Waals surface area contributed by atoms with Crippen LogP contribution in [-0.4, -0.2) is 23.4 Å². The first-order valence-corrected chi connectivity index (χ1v) is 7.31.